The van der Waals surface area contributed by atoms with Gasteiger partial charge in [-0.3, -0.25) is 9.59 Å². The van der Waals surface area contributed by atoms with Crippen LogP contribution in [0.15, 0.2) is 60.7 Å². The number of para-hydroxylation sites is 1. The third kappa shape index (κ3) is 4.35. The van der Waals surface area contributed by atoms with Gasteiger partial charge in [0.15, 0.2) is 0 Å². The highest BCUT2D eigenvalue weighted by atomic mass is 16.5. The van der Waals surface area contributed by atoms with Crippen molar-refractivity contribution >= 4 is 11.8 Å². The summed E-state index contributed by atoms with van der Waals surface area (Å²) in [6, 6.07) is 19.6. The summed E-state index contributed by atoms with van der Waals surface area (Å²) in [5.41, 5.74) is 0.438. The van der Waals surface area contributed by atoms with Gasteiger partial charge in [0.2, 0.25) is 11.8 Å². The van der Waals surface area contributed by atoms with Crippen LogP contribution in [0.3, 0.4) is 0 Å². The van der Waals surface area contributed by atoms with Gasteiger partial charge < -0.3 is 14.5 Å². The summed E-state index contributed by atoms with van der Waals surface area (Å²) in [5.74, 6) is 0.966. The van der Waals surface area contributed by atoms with Gasteiger partial charge >= 0.3 is 0 Å². The number of hydrogen-bond acceptors (Lipinski definition) is 3. The van der Waals surface area contributed by atoms with Crippen LogP contribution in [0.25, 0.3) is 0 Å². The van der Waals surface area contributed by atoms with Crippen LogP contribution >= 0.6 is 0 Å². The third-order valence-electron chi connectivity index (χ3n) is 5.58. The summed E-state index contributed by atoms with van der Waals surface area (Å²) >= 11 is 0. The van der Waals surface area contributed by atoms with Crippen molar-refractivity contribution in [3.63, 3.8) is 0 Å². The average molecular weight is 380 g/mol. The Labute approximate surface area is 166 Å². The second kappa shape index (κ2) is 8.91. The van der Waals surface area contributed by atoms with E-state index in [1.54, 1.807) is 11.8 Å². The van der Waals surface area contributed by atoms with Gasteiger partial charge in [0, 0.05) is 27.1 Å². The molecule has 2 aromatic carbocycles. The normalized spacial score (nSPS) is 15.7. The van der Waals surface area contributed by atoms with Gasteiger partial charge in [-0.25, -0.2) is 0 Å². The minimum absolute atomic E-state index is 0.0683. The molecular formula is C23H28N2O3. The fourth-order valence-corrected chi connectivity index (χ4v) is 3.87. The van der Waals surface area contributed by atoms with Crippen molar-refractivity contribution in [3.8, 4) is 5.75 Å². The molecular weight excluding hydrogens is 352 g/mol. The molecule has 0 saturated carbocycles. The zero-order chi connectivity index (χ0) is 20.0. The van der Waals surface area contributed by atoms with Gasteiger partial charge in [-0.1, -0.05) is 48.5 Å². The summed E-state index contributed by atoms with van der Waals surface area (Å²) in [6.45, 7) is 3.74. The van der Waals surface area contributed by atoms with E-state index in [2.05, 4.69) is 0 Å². The Morgan fingerprint density at radius 2 is 1.57 bits per heavy atom. The van der Waals surface area contributed by atoms with Crippen LogP contribution in [-0.2, 0) is 15.0 Å². The van der Waals surface area contributed by atoms with Crippen molar-refractivity contribution in [2.24, 2.45) is 0 Å². The lowest BCUT2D eigenvalue weighted by atomic mass is 9.71. The highest BCUT2D eigenvalue weighted by Gasteiger charge is 2.44. The van der Waals surface area contributed by atoms with Gasteiger partial charge in [0.1, 0.15) is 12.4 Å². The van der Waals surface area contributed by atoms with E-state index < -0.39 is 5.41 Å². The minimum atomic E-state index is -0.589. The maximum absolute atomic E-state index is 13.5. The molecule has 2 amide bonds. The molecule has 0 bridgehead atoms. The molecule has 1 heterocycles. The summed E-state index contributed by atoms with van der Waals surface area (Å²) in [7, 11) is 1.83. The van der Waals surface area contributed by atoms with Crippen LogP contribution in [0.1, 0.15) is 25.3 Å². The molecule has 3 rings (SSSR count). The van der Waals surface area contributed by atoms with Gasteiger partial charge in [0.05, 0.1) is 12.0 Å². The number of benzene rings is 2. The molecule has 5 heteroatoms. The Bertz CT molecular complexity index is 784. The first kappa shape index (κ1) is 19.9. The van der Waals surface area contributed by atoms with Crippen molar-refractivity contribution in [1.29, 1.82) is 0 Å². The first-order chi connectivity index (χ1) is 13.5. The van der Waals surface area contributed by atoms with Crippen LogP contribution in [0.4, 0.5) is 0 Å². The van der Waals surface area contributed by atoms with E-state index in [1.807, 2.05) is 72.6 Å². The fourth-order valence-electron chi connectivity index (χ4n) is 3.87. The molecule has 5 nitrogen and oxygen atoms in total. The highest BCUT2D eigenvalue weighted by molar-refractivity contribution is 5.88. The standard InChI is InChI=1S/C23H28N2O3/c1-19(26)25-15-13-23(14-16-25,20-9-5-3-6-10-20)22(27)24(2)17-18-28-21-11-7-4-8-12-21/h3-12H,13-18H2,1-2H3. The molecule has 2 aromatic rings. The summed E-state index contributed by atoms with van der Waals surface area (Å²) in [5, 5.41) is 0. The first-order valence-corrected chi connectivity index (χ1v) is 9.77. The van der Waals surface area contributed by atoms with E-state index in [4.69, 9.17) is 4.74 Å². The Balaban J connectivity index is 1.71. The number of amides is 2. The van der Waals surface area contributed by atoms with E-state index in [1.165, 1.54) is 0 Å². The lowest BCUT2D eigenvalue weighted by Crippen LogP contribution is -2.53. The monoisotopic (exact) mass is 380 g/mol. The number of likely N-dealkylation sites (tertiary alicyclic amines) is 1. The van der Waals surface area contributed by atoms with Gasteiger partial charge in [0.25, 0.3) is 0 Å². The molecule has 0 N–H and O–H groups in total. The summed E-state index contributed by atoms with van der Waals surface area (Å²) < 4.78 is 5.75. The van der Waals surface area contributed by atoms with Crippen LogP contribution in [0.2, 0.25) is 0 Å². The second-order valence-corrected chi connectivity index (χ2v) is 7.34. The summed E-state index contributed by atoms with van der Waals surface area (Å²) in [4.78, 5) is 28.8. The molecule has 0 aliphatic carbocycles. The van der Waals surface area contributed by atoms with E-state index in [0.29, 0.717) is 39.1 Å². The molecule has 0 radical (unpaired) electrons. The second-order valence-electron chi connectivity index (χ2n) is 7.34. The quantitative estimate of drug-likeness (QED) is 0.774. The van der Waals surface area contributed by atoms with Crippen molar-refractivity contribution < 1.29 is 14.3 Å². The molecule has 0 aromatic heterocycles. The van der Waals surface area contributed by atoms with Gasteiger partial charge in [-0.15, -0.1) is 0 Å². The van der Waals surface area contributed by atoms with Crippen molar-refractivity contribution in [3.05, 3.63) is 66.2 Å². The number of rotatable bonds is 6. The van der Waals surface area contributed by atoms with Crippen LogP contribution in [0, 0.1) is 0 Å². The number of piperidine rings is 1. The molecule has 1 aliphatic rings. The van der Waals surface area contributed by atoms with Crippen LogP contribution in [-0.4, -0.2) is 54.9 Å². The summed E-state index contributed by atoms with van der Waals surface area (Å²) in [6.07, 6.45) is 1.28. The maximum atomic E-state index is 13.5. The van der Waals surface area contributed by atoms with Crippen LogP contribution < -0.4 is 4.74 Å². The predicted molar refractivity (Wildman–Crippen MR) is 109 cm³/mol. The molecule has 0 spiro atoms. The van der Waals surface area contributed by atoms with Gasteiger partial charge in [-0.2, -0.15) is 0 Å². The Morgan fingerprint density at radius 3 is 2.14 bits per heavy atom. The van der Waals surface area contributed by atoms with Crippen molar-refractivity contribution in [2.45, 2.75) is 25.2 Å². The first-order valence-electron chi connectivity index (χ1n) is 9.77. The minimum Gasteiger partial charge on any atom is -0.492 e. The van der Waals surface area contributed by atoms with E-state index in [0.717, 1.165) is 11.3 Å². The lowest BCUT2D eigenvalue weighted by molar-refractivity contribution is -0.141. The Kier molecular flexibility index (Phi) is 6.34. The molecule has 0 atom stereocenters. The largest absolute Gasteiger partial charge is 0.492 e. The molecule has 148 valence electrons. The number of hydrogen-bond donors (Lipinski definition) is 0. The number of ether oxygens (including phenoxy) is 1. The molecule has 1 aliphatic heterocycles. The highest BCUT2D eigenvalue weighted by Crippen LogP contribution is 2.37. The predicted octanol–water partition coefficient (Wildman–Crippen LogP) is 3.10. The zero-order valence-corrected chi connectivity index (χ0v) is 16.6. The van der Waals surface area contributed by atoms with E-state index >= 15 is 0 Å². The number of carbonyl (C=O) groups is 2. The zero-order valence-electron chi connectivity index (χ0n) is 16.6. The number of likely N-dealkylation sites (N-methyl/N-ethyl adjacent to an activating group) is 1. The molecule has 28 heavy (non-hydrogen) atoms. The van der Waals surface area contributed by atoms with Crippen molar-refractivity contribution in [1.82, 2.24) is 9.80 Å². The Hall–Kier alpha value is -2.82. The lowest BCUT2D eigenvalue weighted by Gasteiger charge is -2.42. The van der Waals surface area contributed by atoms with E-state index in [-0.39, 0.29) is 11.8 Å². The smallest absolute Gasteiger partial charge is 0.233 e. The fraction of sp³-hybridized carbons (Fsp3) is 0.391. The average Bonchev–Trinajstić information content (AvgIpc) is 2.74. The SMILES string of the molecule is CC(=O)N1CCC(C(=O)N(C)CCOc2ccccc2)(c2ccccc2)CC1. The topological polar surface area (TPSA) is 49.9 Å². The van der Waals surface area contributed by atoms with Crippen molar-refractivity contribution in [2.75, 3.05) is 33.3 Å². The van der Waals surface area contributed by atoms with Gasteiger partial charge in [-0.05, 0) is 30.5 Å². The molecule has 1 saturated heterocycles. The number of nitrogens with zero attached hydrogens (tertiary/aromatic N) is 2. The molecule has 0 unspecified atom stereocenters. The molecule has 1 fully saturated rings. The Morgan fingerprint density at radius 1 is 1.00 bits per heavy atom. The maximum Gasteiger partial charge on any atom is 0.233 e. The van der Waals surface area contributed by atoms with E-state index in [9.17, 15) is 9.59 Å². The third-order valence-corrected chi connectivity index (χ3v) is 5.58. The number of carbonyl (C=O) groups excluding carboxylic acids is 2. The van der Waals surface area contributed by atoms with Crippen LogP contribution in [0.5, 0.6) is 5.75 Å².